The average Bonchev–Trinajstić information content (AvgIpc) is 2.11. The molecule has 1 rings (SSSR count). The van der Waals surface area contributed by atoms with Crippen LogP contribution in [0.1, 0.15) is 25.8 Å². The Balaban J connectivity index is 2.83. The minimum absolute atomic E-state index is 0.106. The molecule has 0 saturated carbocycles. The molecular formula is C11H14ClFO. The van der Waals surface area contributed by atoms with Gasteiger partial charge in [0.25, 0.3) is 0 Å². The fourth-order valence-corrected chi connectivity index (χ4v) is 1.42. The van der Waals surface area contributed by atoms with Gasteiger partial charge in [-0.1, -0.05) is 24.6 Å². The van der Waals surface area contributed by atoms with Crippen LogP contribution in [0.3, 0.4) is 0 Å². The molecule has 14 heavy (non-hydrogen) atoms. The van der Waals surface area contributed by atoms with Crippen molar-refractivity contribution in [1.29, 1.82) is 0 Å². The van der Waals surface area contributed by atoms with E-state index >= 15 is 0 Å². The summed E-state index contributed by atoms with van der Waals surface area (Å²) >= 11 is 5.63. The molecule has 1 unspecified atom stereocenters. The van der Waals surface area contributed by atoms with E-state index in [0.29, 0.717) is 12.8 Å². The zero-order chi connectivity index (χ0) is 10.8. The first-order chi connectivity index (χ1) is 6.44. The Labute approximate surface area is 88.5 Å². The summed E-state index contributed by atoms with van der Waals surface area (Å²) in [5.41, 5.74) is 0.101. The molecule has 1 aromatic rings. The van der Waals surface area contributed by atoms with Crippen LogP contribution in [-0.4, -0.2) is 10.7 Å². The second-order valence-corrected chi connectivity index (χ2v) is 4.18. The van der Waals surface area contributed by atoms with E-state index in [1.165, 1.54) is 6.07 Å². The minimum Gasteiger partial charge on any atom is -0.390 e. The molecule has 0 saturated heterocycles. The lowest BCUT2D eigenvalue weighted by Gasteiger charge is -2.21. The van der Waals surface area contributed by atoms with Crippen LogP contribution in [0.15, 0.2) is 18.2 Å². The van der Waals surface area contributed by atoms with Crippen molar-refractivity contribution in [2.24, 2.45) is 0 Å². The van der Waals surface area contributed by atoms with Gasteiger partial charge in [-0.05, 0) is 31.0 Å². The summed E-state index contributed by atoms with van der Waals surface area (Å²) in [6, 6.07) is 4.52. The molecule has 78 valence electrons. The van der Waals surface area contributed by atoms with E-state index in [1.54, 1.807) is 19.1 Å². The van der Waals surface area contributed by atoms with Crippen LogP contribution in [-0.2, 0) is 6.42 Å². The Morgan fingerprint density at radius 3 is 2.64 bits per heavy atom. The fourth-order valence-electron chi connectivity index (χ4n) is 1.21. The number of hydrogen-bond donors (Lipinski definition) is 1. The summed E-state index contributed by atoms with van der Waals surface area (Å²) in [7, 11) is 0. The van der Waals surface area contributed by atoms with Crippen LogP contribution < -0.4 is 0 Å². The smallest absolute Gasteiger partial charge is 0.141 e. The summed E-state index contributed by atoms with van der Waals surface area (Å²) in [5.74, 6) is -0.424. The van der Waals surface area contributed by atoms with Crippen molar-refractivity contribution in [2.75, 3.05) is 0 Å². The zero-order valence-corrected chi connectivity index (χ0v) is 9.11. The van der Waals surface area contributed by atoms with Gasteiger partial charge in [0.05, 0.1) is 10.6 Å². The Bertz CT molecular complexity index is 323. The molecule has 0 amide bonds. The molecule has 0 radical (unpaired) electrons. The van der Waals surface area contributed by atoms with Gasteiger partial charge in [-0.3, -0.25) is 0 Å². The molecule has 1 atom stereocenters. The fraction of sp³-hybridized carbons (Fsp3) is 0.455. The molecule has 0 aliphatic rings. The summed E-state index contributed by atoms with van der Waals surface area (Å²) < 4.78 is 12.8. The largest absolute Gasteiger partial charge is 0.390 e. The van der Waals surface area contributed by atoms with Crippen LogP contribution in [0.25, 0.3) is 0 Å². The van der Waals surface area contributed by atoms with E-state index < -0.39 is 11.4 Å². The molecular weight excluding hydrogens is 203 g/mol. The Hall–Kier alpha value is -0.600. The summed E-state index contributed by atoms with van der Waals surface area (Å²) in [6.45, 7) is 3.66. The van der Waals surface area contributed by atoms with Crippen LogP contribution in [0.4, 0.5) is 4.39 Å². The van der Waals surface area contributed by atoms with E-state index in [2.05, 4.69) is 0 Å². The normalized spacial score (nSPS) is 15.2. The van der Waals surface area contributed by atoms with E-state index in [9.17, 15) is 9.50 Å². The highest BCUT2D eigenvalue weighted by Gasteiger charge is 2.18. The molecule has 0 aromatic heterocycles. The van der Waals surface area contributed by atoms with Crippen molar-refractivity contribution in [3.8, 4) is 0 Å². The second kappa shape index (κ2) is 4.28. The van der Waals surface area contributed by atoms with E-state index in [-0.39, 0.29) is 5.02 Å². The second-order valence-electron chi connectivity index (χ2n) is 3.78. The standard InChI is InChI=1S/C11H14ClFO/c1-3-11(2,14)7-8-4-5-10(13)9(12)6-8/h4-6,14H,3,7H2,1-2H3. The molecule has 0 heterocycles. The lowest BCUT2D eigenvalue weighted by atomic mass is 9.94. The Morgan fingerprint density at radius 1 is 1.50 bits per heavy atom. The summed E-state index contributed by atoms with van der Waals surface area (Å²) in [6.07, 6.45) is 1.14. The van der Waals surface area contributed by atoms with Crippen LogP contribution in [0.5, 0.6) is 0 Å². The number of hydrogen-bond acceptors (Lipinski definition) is 1. The minimum atomic E-state index is -0.749. The van der Waals surface area contributed by atoms with Crippen molar-refractivity contribution < 1.29 is 9.50 Å². The molecule has 0 aliphatic heterocycles. The summed E-state index contributed by atoms with van der Waals surface area (Å²) in [4.78, 5) is 0. The number of benzene rings is 1. The first kappa shape index (κ1) is 11.5. The van der Waals surface area contributed by atoms with Gasteiger partial charge in [-0.15, -0.1) is 0 Å². The van der Waals surface area contributed by atoms with E-state index in [0.717, 1.165) is 5.56 Å². The molecule has 3 heteroatoms. The topological polar surface area (TPSA) is 20.2 Å². The van der Waals surface area contributed by atoms with Gasteiger partial charge < -0.3 is 5.11 Å². The van der Waals surface area contributed by atoms with Gasteiger partial charge in [0, 0.05) is 6.42 Å². The third-order valence-corrected chi connectivity index (χ3v) is 2.62. The van der Waals surface area contributed by atoms with Crippen molar-refractivity contribution >= 4 is 11.6 Å². The van der Waals surface area contributed by atoms with Gasteiger partial charge in [-0.2, -0.15) is 0 Å². The van der Waals surface area contributed by atoms with Gasteiger partial charge in [0.15, 0.2) is 0 Å². The molecule has 1 N–H and O–H groups in total. The van der Waals surface area contributed by atoms with Gasteiger partial charge >= 0.3 is 0 Å². The quantitative estimate of drug-likeness (QED) is 0.823. The monoisotopic (exact) mass is 216 g/mol. The van der Waals surface area contributed by atoms with E-state index in [4.69, 9.17) is 11.6 Å². The lowest BCUT2D eigenvalue weighted by Crippen LogP contribution is -2.25. The zero-order valence-electron chi connectivity index (χ0n) is 8.35. The molecule has 1 aromatic carbocycles. The highest BCUT2D eigenvalue weighted by molar-refractivity contribution is 6.30. The number of rotatable bonds is 3. The van der Waals surface area contributed by atoms with Crippen LogP contribution in [0, 0.1) is 5.82 Å². The van der Waals surface area contributed by atoms with Gasteiger partial charge in [0.2, 0.25) is 0 Å². The molecule has 0 aliphatic carbocycles. The SMILES string of the molecule is CCC(C)(O)Cc1ccc(F)c(Cl)c1. The molecule has 1 nitrogen and oxygen atoms in total. The third kappa shape index (κ3) is 2.96. The average molecular weight is 217 g/mol. The first-order valence-electron chi connectivity index (χ1n) is 4.61. The Morgan fingerprint density at radius 2 is 2.14 bits per heavy atom. The van der Waals surface area contributed by atoms with Gasteiger partial charge in [-0.25, -0.2) is 4.39 Å². The molecule has 0 bridgehead atoms. The van der Waals surface area contributed by atoms with Gasteiger partial charge in [0.1, 0.15) is 5.82 Å². The highest BCUT2D eigenvalue weighted by atomic mass is 35.5. The van der Waals surface area contributed by atoms with Crippen molar-refractivity contribution in [2.45, 2.75) is 32.3 Å². The maximum absolute atomic E-state index is 12.8. The predicted octanol–water partition coefficient (Wildman–Crippen LogP) is 3.18. The lowest BCUT2D eigenvalue weighted by molar-refractivity contribution is 0.0564. The molecule has 0 fully saturated rings. The third-order valence-electron chi connectivity index (χ3n) is 2.33. The van der Waals surface area contributed by atoms with Crippen LogP contribution >= 0.6 is 11.6 Å². The number of aliphatic hydroxyl groups is 1. The maximum Gasteiger partial charge on any atom is 0.141 e. The van der Waals surface area contributed by atoms with Crippen LogP contribution in [0.2, 0.25) is 5.02 Å². The van der Waals surface area contributed by atoms with Crippen molar-refractivity contribution in [1.82, 2.24) is 0 Å². The first-order valence-corrected chi connectivity index (χ1v) is 4.99. The van der Waals surface area contributed by atoms with Crippen molar-refractivity contribution in [3.63, 3.8) is 0 Å². The Kier molecular flexibility index (Phi) is 3.51. The number of halogens is 2. The maximum atomic E-state index is 12.8. The predicted molar refractivity (Wildman–Crippen MR) is 56.0 cm³/mol. The van der Waals surface area contributed by atoms with E-state index in [1.807, 2.05) is 6.92 Å². The summed E-state index contributed by atoms with van der Waals surface area (Å²) in [5, 5.41) is 9.91. The molecule has 0 spiro atoms. The van der Waals surface area contributed by atoms with Crippen molar-refractivity contribution in [3.05, 3.63) is 34.6 Å². The highest BCUT2D eigenvalue weighted by Crippen LogP contribution is 2.21.